The average molecular weight is 536 g/mol. The van der Waals surface area contributed by atoms with Crippen LogP contribution in [0.1, 0.15) is 13.3 Å². The average Bonchev–Trinajstić information content (AvgIpc) is 2.70. The molecule has 19 heteroatoms. The molecule has 0 aliphatic carbocycles. The fourth-order valence-electron chi connectivity index (χ4n) is 3.06. The largest absolute Gasteiger partial charge is 1.00 e. The van der Waals surface area contributed by atoms with Crippen LogP contribution in [0.2, 0.25) is 0 Å². The van der Waals surface area contributed by atoms with Gasteiger partial charge in [0.15, 0.2) is 6.29 Å². The van der Waals surface area contributed by atoms with Crippen molar-refractivity contribution in [2.24, 2.45) is 0 Å². The van der Waals surface area contributed by atoms with Gasteiger partial charge in [-0.25, -0.2) is 8.42 Å². The van der Waals surface area contributed by atoms with Crippen molar-refractivity contribution in [3.63, 3.8) is 0 Å². The Kier molecular flexibility index (Phi) is 14.6. The van der Waals surface area contributed by atoms with Crippen molar-refractivity contribution < 1.29 is 135 Å². The van der Waals surface area contributed by atoms with Crippen molar-refractivity contribution in [3.05, 3.63) is 0 Å². The minimum Gasteiger partial charge on any atom is -0.726 e. The maximum atomic E-state index is 11.5. The molecule has 16 nitrogen and oxygen atoms in total. The molecule has 0 aromatic rings. The first-order chi connectivity index (χ1) is 14.8. The van der Waals surface area contributed by atoms with Crippen LogP contribution >= 0.6 is 0 Å². The Morgan fingerprint density at radius 1 is 0.941 bits per heavy atom. The Morgan fingerprint density at radius 2 is 1.53 bits per heavy atom. The summed E-state index contributed by atoms with van der Waals surface area (Å²) in [5, 5.41) is 61.6. The Hall–Kier alpha value is 0.490. The van der Waals surface area contributed by atoms with E-state index in [1.807, 2.05) is 0 Å². The van der Waals surface area contributed by atoms with E-state index in [1.54, 1.807) is 0 Å². The Morgan fingerprint density at radius 3 is 2.00 bits per heavy atom. The number of aliphatic hydroxyl groups excluding tert-OH is 5. The van der Waals surface area contributed by atoms with Crippen molar-refractivity contribution in [3.8, 4) is 0 Å². The number of carboxylic acids is 1. The summed E-state index contributed by atoms with van der Waals surface area (Å²) in [5.41, 5.74) is 0. The number of aliphatic hydroxyl groups is 5. The zero-order valence-corrected chi connectivity index (χ0v) is 23.1. The van der Waals surface area contributed by atoms with Gasteiger partial charge in [-0.05, 0) is 0 Å². The van der Waals surface area contributed by atoms with Gasteiger partial charge in [-0.2, -0.15) is 0 Å². The molecule has 10 atom stereocenters. The number of carboxylic acid groups (broad SMARTS) is 1. The summed E-state index contributed by atoms with van der Waals surface area (Å²) in [6.07, 6.45) is -20.6. The molecular formula is C15H22Na2O16S. The Bertz CT molecular complexity index is 782. The number of hydrogen-bond donors (Lipinski definition) is 5. The molecule has 10 unspecified atom stereocenters. The van der Waals surface area contributed by atoms with Crippen LogP contribution in [0.4, 0.5) is 0 Å². The van der Waals surface area contributed by atoms with Crippen LogP contribution in [0.25, 0.3) is 0 Å². The first-order valence-electron chi connectivity index (χ1n) is 9.14. The molecule has 2 aliphatic heterocycles. The molecule has 0 bridgehead atoms. The Balaban J connectivity index is 0.00000544. The maximum Gasteiger partial charge on any atom is 1.00 e. The van der Waals surface area contributed by atoms with E-state index >= 15 is 0 Å². The summed E-state index contributed by atoms with van der Waals surface area (Å²) in [6, 6.07) is 0. The second-order valence-electron chi connectivity index (χ2n) is 6.85. The minimum atomic E-state index is -5.55. The summed E-state index contributed by atoms with van der Waals surface area (Å²) in [4.78, 5) is 22.8. The predicted octanol–water partition coefficient (Wildman–Crippen LogP) is -12.2. The van der Waals surface area contributed by atoms with E-state index in [2.05, 4.69) is 4.18 Å². The number of carbonyl (C=O) groups is 2. The number of aliphatic carboxylic acids is 1. The monoisotopic (exact) mass is 536 g/mol. The third kappa shape index (κ3) is 8.52. The first kappa shape index (κ1) is 34.5. The van der Waals surface area contributed by atoms with Crippen LogP contribution < -0.4 is 64.2 Å². The number of rotatable bonds is 8. The van der Waals surface area contributed by atoms with Crippen LogP contribution in [0, 0.1) is 0 Å². The molecule has 186 valence electrons. The SMILES string of the molecule is CCC(=O)OC1OC(CO)C(O)C(OC2OC(C(=O)[O-])C(OS(=O)(=O)[O-])C(O)C2O)C1O.[Na+].[Na+]. The summed E-state index contributed by atoms with van der Waals surface area (Å²) >= 11 is 0. The van der Waals surface area contributed by atoms with E-state index in [4.69, 9.17) is 18.9 Å². The molecule has 0 aromatic heterocycles. The standard InChI is InChI=1S/C15H24O16S.2Na/c1-2-5(17)28-15-9(21)10(6(18)4(3-16)27-15)29-14-8(20)7(19)11(31-32(24,25)26)12(30-14)13(22)23;;/h4,6-12,14-16,18-21H,2-3H2,1H3,(H,22,23)(H,24,25,26);;/q;2*+1/p-2. The molecule has 2 saturated heterocycles. The molecule has 2 aliphatic rings. The summed E-state index contributed by atoms with van der Waals surface area (Å²) in [7, 11) is -5.55. The molecule has 0 spiro atoms. The number of carbonyl (C=O) groups excluding carboxylic acids is 2. The van der Waals surface area contributed by atoms with Gasteiger partial charge >= 0.3 is 65.1 Å². The Labute approximate surface area is 237 Å². The fourth-order valence-corrected chi connectivity index (χ4v) is 3.55. The minimum absolute atomic E-state index is 0. The molecule has 0 aromatic carbocycles. The third-order valence-electron chi connectivity index (χ3n) is 4.66. The molecule has 0 amide bonds. The van der Waals surface area contributed by atoms with E-state index in [0.29, 0.717) is 0 Å². The van der Waals surface area contributed by atoms with Gasteiger partial charge in [-0.1, -0.05) is 6.92 Å². The fraction of sp³-hybridized carbons (Fsp3) is 0.867. The van der Waals surface area contributed by atoms with Crippen molar-refractivity contribution in [1.29, 1.82) is 0 Å². The van der Waals surface area contributed by atoms with Gasteiger partial charge in [-0.15, -0.1) is 0 Å². The smallest absolute Gasteiger partial charge is 0.726 e. The molecule has 34 heavy (non-hydrogen) atoms. The van der Waals surface area contributed by atoms with Crippen LogP contribution in [0.15, 0.2) is 0 Å². The molecular weight excluding hydrogens is 514 g/mol. The van der Waals surface area contributed by atoms with E-state index in [1.165, 1.54) is 6.92 Å². The van der Waals surface area contributed by atoms with Crippen LogP contribution in [-0.4, -0.2) is 118 Å². The number of ether oxygens (including phenoxy) is 4. The van der Waals surface area contributed by atoms with E-state index in [9.17, 15) is 53.2 Å². The molecule has 0 radical (unpaired) electrons. The first-order valence-corrected chi connectivity index (χ1v) is 10.5. The van der Waals surface area contributed by atoms with Gasteiger partial charge in [0.1, 0.15) is 48.8 Å². The zero-order chi connectivity index (χ0) is 24.4. The summed E-state index contributed by atoms with van der Waals surface area (Å²) in [5.74, 6) is -2.99. The molecule has 0 saturated carbocycles. The molecule has 2 rings (SSSR count). The third-order valence-corrected chi connectivity index (χ3v) is 5.11. The van der Waals surface area contributed by atoms with Gasteiger partial charge in [-0.3, -0.25) is 8.98 Å². The van der Waals surface area contributed by atoms with Gasteiger partial charge < -0.3 is 58.9 Å². The van der Waals surface area contributed by atoms with Crippen molar-refractivity contribution in [1.82, 2.24) is 0 Å². The van der Waals surface area contributed by atoms with Crippen molar-refractivity contribution in [2.75, 3.05) is 6.61 Å². The van der Waals surface area contributed by atoms with E-state index in [-0.39, 0.29) is 65.5 Å². The molecule has 2 fully saturated rings. The quantitative estimate of drug-likeness (QED) is 0.0834. The van der Waals surface area contributed by atoms with Crippen molar-refractivity contribution >= 4 is 22.3 Å². The van der Waals surface area contributed by atoms with Gasteiger partial charge in [0, 0.05) is 6.42 Å². The van der Waals surface area contributed by atoms with Crippen LogP contribution in [0.5, 0.6) is 0 Å². The zero-order valence-electron chi connectivity index (χ0n) is 18.3. The number of hydrogen-bond acceptors (Lipinski definition) is 16. The number of esters is 1. The second kappa shape index (κ2) is 14.4. The van der Waals surface area contributed by atoms with Gasteiger partial charge in [0.2, 0.25) is 16.7 Å². The van der Waals surface area contributed by atoms with Crippen molar-refractivity contribution in [2.45, 2.75) is 74.8 Å². The van der Waals surface area contributed by atoms with Gasteiger partial charge in [0.25, 0.3) is 0 Å². The second-order valence-corrected chi connectivity index (χ2v) is 7.85. The van der Waals surface area contributed by atoms with E-state index in [0.717, 1.165) is 0 Å². The normalized spacial score (nSPS) is 38.2. The summed E-state index contributed by atoms with van der Waals surface area (Å²) in [6.45, 7) is 0.585. The van der Waals surface area contributed by atoms with Crippen LogP contribution in [-0.2, 0) is 43.1 Å². The van der Waals surface area contributed by atoms with Gasteiger partial charge in [0.05, 0.1) is 12.6 Å². The summed E-state index contributed by atoms with van der Waals surface area (Å²) < 4.78 is 56.3. The molecule has 5 N–H and O–H groups in total. The van der Waals surface area contributed by atoms with Crippen LogP contribution in [0.3, 0.4) is 0 Å². The topological polar surface area (TPSA) is 262 Å². The molecule has 2 heterocycles. The maximum absolute atomic E-state index is 11.5. The predicted molar refractivity (Wildman–Crippen MR) is 89.3 cm³/mol. The van der Waals surface area contributed by atoms with E-state index < -0.39 is 90.4 Å².